The summed E-state index contributed by atoms with van der Waals surface area (Å²) in [5, 5.41) is 18.3. The predicted molar refractivity (Wildman–Crippen MR) is 67.5 cm³/mol. The fraction of sp³-hybridized carbons (Fsp3) is 0.385. The van der Waals surface area contributed by atoms with Gasteiger partial charge in [-0.2, -0.15) is 0 Å². The minimum atomic E-state index is -1.33. The van der Waals surface area contributed by atoms with Crippen molar-refractivity contribution in [3.8, 4) is 0 Å². The number of carboxylic acid groups (broad SMARTS) is 1. The number of amides is 1. The van der Waals surface area contributed by atoms with Crippen molar-refractivity contribution in [3.63, 3.8) is 0 Å². The zero-order chi connectivity index (χ0) is 14.4. The van der Waals surface area contributed by atoms with E-state index in [1.807, 2.05) is 18.2 Å². The third-order valence-corrected chi connectivity index (χ3v) is 2.62. The van der Waals surface area contributed by atoms with Gasteiger partial charge in [0.25, 0.3) is 0 Å². The molecule has 0 saturated carbocycles. The number of aliphatic hydroxyl groups excluding tert-OH is 1. The number of hydrogen-bond acceptors (Lipinski definition) is 4. The van der Waals surface area contributed by atoms with E-state index in [9.17, 15) is 14.7 Å². The molecule has 1 amide bonds. The molecule has 0 aliphatic rings. The summed E-state index contributed by atoms with van der Waals surface area (Å²) < 4.78 is 4.98. The summed E-state index contributed by atoms with van der Waals surface area (Å²) in [7, 11) is 1.28. The molecule has 1 aromatic carbocycles. The molecule has 2 atom stereocenters. The molecule has 0 bridgehead atoms. The van der Waals surface area contributed by atoms with Crippen molar-refractivity contribution < 1.29 is 24.5 Å². The minimum Gasteiger partial charge on any atom is -0.480 e. The van der Waals surface area contributed by atoms with Crippen LogP contribution in [0.4, 0.5) is 4.79 Å². The quantitative estimate of drug-likeness (QED) is 0.833. The number of aliphatic carboxylic acids is 1. The number of likely N-dealkylation sites (N-methyl/N-ethyl adjacent to an activating group) is 1. The topological polar surface area (TPSA) is 87.1 Å². The third kappa shape index (κ3) is 4.26. The highest BCUT2D eigenvalue weighted by molar-refractivity contribution is 5.80. The van der Waals surface area contributed by atoms with Crippen LogP contribution in [0.15, 0.2) is 30.3 Å². The number of hydrogen-bond donors (Lipinski definition) is 2. The van der Waals surface area contributed by atoms with Gasteiger partial charge in [-0.25, -0.2) is 9.59 Å². The van der Waals surface area contributed by atoms with E-state index in [2.05, 4.69) is 0 Å². The molecule has 0 aliphatic carbocycles. The molecule has 1 aromatic rings. The number of benzene rings is 1. The summed E-state index contributed by atoms with van der Waals surface area (Å²) in [6.45, 7) is 1.36. The smallest absolute Gasteiger partial charge is 0.410 e. The number of carbonyl (C=O) groups excluding carboxylic acids is 1. The Morgan fingerprint density at radius 3 is 2.37 bits per heavy atom. The lowest BCUT2D eigenvalue weighted by atomic mass is 10.1. The molecule has 0 radical (unpaired) electrons. The summed E-state index contributed by atoms with van der Waals surface area (Å²) in [5.41, 5.74) is 0.799. The summed E-state index contributed by atoms with van der Waals surface area (Å²) in [5.74, 6) is -1.28. The van der Waals surface area contributed by atoms with Crippen LogP contribution in [0, 0.1) is 0 Å². The molecule has 2 unspecified atom stereocenters. The number of ether oxygens (including phenoxy) is 1. The fourth-order valence-corrected chi connectivity index (χ4v) is 1.63. The van der Waals surface area contributed by atoms with Crippen LogP contribution in [0.1, 0.15) is 12.5 Å². The van der Waals surface area contributed by atoms with E-state index in [0.29, 0.717) is 0 Å². The molecular formula is C13H17NO5. The average Bonchev–Trinajstić information content (AvgIpc) is 2.36. The Morgan fingerprint density at radius 1 is 1.32 bits per heavy atom. The van der Waals surface area contributed by atoms with Gasteiger partial charge in [0, 0.05) is 7.05 Å². The molecule has 1 rings (SSSR count). The monoisotopic (exact) mass is 267 g/mol. The lowest BCUT2D eigenvalue weighted by Crippen LogP contribution is -2.48. The second-order valence-electron chi connectivity index (χ2n) is 4.17. The number of carboxylic acids is 1. The highest BCUT2D eigenvalue weighted by atomic mass is 16.6. The maximum absolute atomic E-state index is 11.7. The van der Waals surface area contributed by atoms with Gasteiger partial charge in [0.05, 0.1) is 6.10 Å². The van der Waals surface area contributed by atoms with E-state index in [4.69, 9.17) is 9.84 Å². The zero-order valence-corrected chi connectivity index (χ0v) is 10.8. The fourth-order valence-electron chi connectivity index (χ4n) is 1.63. The van der Waals surface area contributed by atoms with Gasteiger partial charge >= 0.3 is 12.1 Å². The van der Waals surface area contributed by atoms with Gasteiger partial charge in [0.1, 0.15) is 6.61 Å². The van der Waals surface area contributed by atoms with Crippen LogP contribution < -0.4 is 0 Å². The first-order valence-corrected chi connectivity index (χ1v) is 5.78. The van der Waals surface area contributed by atoms with E-state index in [1.54, 1.807) is 12.1 Å². The van der Waals surface area contributed by atoms with Gasteiger partial charge in [-0.15, -0.1) is 0 Å². The second-order valence-corrected chi connectivity index (χ2v) is 4.17. The zero-order valence-electron chi connectivity index (χ0n) is 10.8. The van der Waals surface area contributed by atoms with E-state index < -0.39 is 24.2 Å². The highest BCUT2D eigenvalue weighted by Crippen LogP contribution is 2.07. The highest BCUT2D eigenvalue weighted by Gasteiger charge is 2.31. The molecule has 6 nitrogen and oxygen atoms in total. The van der Waals surface area contributed by atoms with Crippen molar-refractivity contribution in [3.05, 3.63) is 35.9 Å². The van der Waals surface area contributed by atoms with Crippen LogP contribution in [0.2, 0.25) is 0 Å². The van der Waals surface area contributed by atoms with Crippen molar-refractivity contribution >= 4 is 12.1 Å². The van der Waals surface area contributed by atoms with Gasteiger partial charge in [-0.05, 0) is 12.5 Å². The van der Waals surface area contributed by atoms with Crippen molar-refractivity contribution in [1.82, 2.24) is 4.90 Å². The van der Waals surface area contributed by atoms with Gasteiger partial charge in [-0.1, -0.05) is 30.3 Å². The average molecular weight is 267 g/mol. The summed E-state index contributed by atoms with van der Waals surface area (Å²) in [4.78, 5) is 23.5. The Kier molecular flexibility index (Phi) is 5.32. The number of carbonyl (C=O) groups is 2. The summed E-state index contributed by atoms with van der Waals surface area (Å²) in [6.07, 6.45) is -1.98. The van der Waals surface area contributed by atoms with E-state index in [0.717, 1.165) is 10.5 Å². The number of rotatable bonds is 5. The largest absolute Gasteiger partial charge is 0.480 e. The first kappa shape index (κ1) is 15.0. The molecule has 0 aliphatic heterocycles. The minimum absolute atomic E-state index is 0.0517. The standard InChI is InChI=1S/C13H17NO5/c1-9(15)11(12(16)17)14(2)13(18)19-8-10-6-4-3-5-7-10/h3-7,9,11,15H,8H2,1-2H3,(H,16,17). The molecule has 0 saturated heterocycles. The van der Waals surface area contributed by atoms with Crippen LogP contribution in [0.3, 0.4) is 0 Å². The molecule has 6 heteroatoms. The normalized spacial score (nSPS) is 13.4. The van der Waals surface area contributed by atoms with Crippen LogP contribution >= 0.6 is 0 Å². The van der Waals surface area contributed by atoms with Gasteiger partial charge in [0.2, 0.25) is 0 Å². The van der Waals surface area contributed by atoms with Crippen molar-refractivity contribution in [2.45, 2.75) is 25.7 Å². The van der Waals surface area contributed by atoms with Crippen molar-refractivity contribution in [2.24, 2.45) is 0 Å². The number of aliphatic hydroxyl groups is 1. The predicted octanol–water partition coefficient (Wildman–Crippen LogP) is 1.09. The molecule has 0 spiro atoms. The van der Waals surface area contributed by atoms with Crippen LogP contribution in [0.25, 0.3) is 0 Å². The summed E-state index contributed by atoms with van der Waals surface area (Å²) >= 11 is 0. The maximum Gasteiger partial charge on any atom is 0.410 e. The van der Waals surface area contributed by atoms with Crippen LogP contribution in [0.5, 0.6) is 0 Å². The maximum atomic E-state index is 11.7. The van der Waals surface area contributed by atoms with Crippen LogP contribution in [-0.4, -0.2) is 46.4 Å². The Balaban J connectivity index is 2.59. The van der Waals surface area contributed by atoms with Crippen LogP contribution in [-0.2, 0) is 16.1 Å². The van der Waals surface area contributed by atoms with E-state index in [1.165, 1.54) is 14.0 Å². The second kappa shape index (κ2) is 6.75. The Bertz CT molecular complexity index is 432. The molecule has 0 heterocycles. The lowest BCUT2D eigenvalue weighted by molar-refractivity contribution is -0.146. The first-order chi connectivity index (χ1) is 8.93. The molecule has 2 N–H and O–H groups in total. The molecular weight excluding hydrogens is 250 g/mol. The SMILES string of the molecule is CC(O)C(C(=O)O)N(C)C(=O)OCc1ccccc1. The van der Waals surface area contributed by atoms with Gasteiger partial charge in [-0.3, -0.25) is 4.90 Å². The Morgan fingerprint density at radius 2 is 1.89 bits per heavy atom. The molecule has 104 valence electrons. The van der Waals surface area contributed by atoms with Gasteiger partial charge < -0.3 is 14.9 Å². The summed E-state index contributed by atoms with van der Waals surface area (Å²) in [6, 6.07) is 7.70. The molecule has 0 aromatic heterocycles. The lowest BCUT2D eigenvalue weighted by Gasteiger charge is -2.26. The van der Waals surface area contributed by atoms with Crippen molar-refractivity contribution in [2.75, 3.05) is 7.05 Å². The third-order valence-electron chi connectivity index (χ3n) is 2.62. The van der Waals surface area contributed by atoms with Gasteiger partial charge in [0.15, 0.2) is 6.04 Å². The molecule has 19 heavy (non-hydrogen) atoms. The Labute approximate surface area is 111 Å². The van der Waals surface area contributed by atoms with Crippen molar-refractivity contribution in [1.29, 1.82) is 0 Å². The van der Waals surface area contributed by atoms with E-state index >= 15 is 0 Å². The van der Waals surface area contributed by atoms with E-state index in [-0.39, 0.29) is 6.61 Å². The first-order valence-electron chi connectivity index (χ1n) is 5.78. The Hall–Kier alpha value is -2.08. The number of nitrogens with zero attached hydrogens (tertiary/aromatic N) is 1. The molecule has 0 fully saturated rings.